The van der Waals surface area contributed by atoms with Gasteiger partial charge >= 0.3 is 6.18 Å². The summed E-state index contributed by atoms with van der Waals surface area (Å²) in [7, 11) is 1.84. The molecule has 0 saturated heterocycles. The third-order valence-corrected chi connectivity index (χ3v) is 3.56. The number of nitrogens with one attached hydrogen (secondary N) is 1. The third kappa shape index (κ3) is 3.26. The quantitative estimate of drug-likeness (QED) is 0.937. The van der Waals surface area contributed by atoms with E-state index in [-0.39, 0.29) is 6.04 Å². The van der Waals surface area contributed by atoms with Crippen LogP contribution in [0.15, 0.2) is 30.5 Å². The summed E-state index contributed by atoms with van der Waals surface area (Å²) >= 11 is 0. The zero-order valence-electron chi connectivity index (χ0n) is 12.2. The van der Waals surface area contributed by atoms with E-state index in [1.165, 1.54) is 12.1 Å². The highest BCUT2D eigenvalue weighted by Gasteiger charge is 2.30. The monoisotopic (exact) mass is 297 g/mol. The molecule has 2 aromatic rings. The van der Waals surface area contributed by atoms with Gasteiger partial charge in [0.2, 0.25) is 0 Å². The molecule has 1 unspecified atom stereocenters. The summed E-state index contributed by atoms with van der Waals surface area (Å²) in [5.41, 5.74) is 2.12. The Labute approximate surface area is 121 Å². The number of aryl methyl sites for hydroxylation is 1. The van der Waals surface area contributed by atoms with Gasteiger partial charge in [-0.15, -0.1) is 0 Å². The van der Waals surface area contributed by atoms with E-state index < -0.39 is 11.7 Å². The van der Waals surface area contributed by atoms with Crippen molar-refractivity contribution < 1.29 is 13.2 Å². The number of alkyl halides is 3. The minimum atomic E-state index is -4.31. The summed E-state index contributed by atoms with van der Waals surface area (Å²) in [6.45, 7) is 4.61. The molecule has 0 aliphatic rings. The third-order valence-electron chi connectivity index (χ3n) is 3.56. The van der Waals surface area contributed by atoms with Gasteiger partial charge in [0.05, 0.1) is 17.8 Å². The molecule has 114 valence electrons. The summed E-state index contributed by atoms with van der Waals surface area (Å²) in [5, 5.41) is 7.49. The fourth-order valence-electron chi connectivity index (χ4n) is 2.28. The number of rotatable bonds is 4. The molecule has 1 atom stereocenters. The first-order valence-corrected chi connectivity index (χ1v) is 6.73. The molecule has 6 heteroatoms. The lowest BCUT2D eigenvalue weighted by Crippen LogP contribution is -2.22. The normalized spacial score (nSPS) is 13.4. The Kier molecular flexibility index (Phi) is 4.37. The molecule has 0 saturated carbocycles. The number of aromatic nitrogens is 2. The second-order valence-corrected chi connectivity index (χ2v) is 4.92. The molecule has 21 heavy (non-hydrogen) atoms. The van der Waals surface area contributed by atoms with E-state index in [2.05, 4.69) is 10.4 Å². The summed E-state index contributed by atoms with van der Waals surface area (Å²) in [6, 6.07) is 5.10. The zero-order valence-corrected chi connectivity index (χ0v) is 12.2. The Morgan fingerprint density at radius 1 is 1.24 bits per heavy atom. The molecule has 0 amide bonds. The molecular weight excluding hydrogens is 279 g/mol. The first-order valence-electron chi connectivity index (χ1n) is 6.73. The van der Waals surface area contributed by atoms with Crippen LogP contribution in [0.3, 0.4) is 0 Å². The topological polar surface area (TPSA) is 29.9 Å². The number of hydrogen-bond donors (Lipinski definition) is 1. The van der Waals surface area contributed by atoms with Crippen LogP contribution in [0, 0.1) is 6.92 Å². The van der Waals surface area contributed by atoms with Gasteiger partial charge in [-0.1, -0.05) is 19.1 Å². The van der Waals surface area contributed by atoms with E-state index in [0.717, 1.165) is 29.0 Å². The molecule has 3 nitrogen and oxygen atoms in total. The Bertz CT molecular complexity index is 600. The van der Waals surface area contributed by atoms with Crippen LogP contribution in [0.1, 0.15) is 35.3 Å². The van der Waals surface area contributed by atoms with Gasteiger partial charge in [0.1, 0.15) is 0 Å². The fourth-order valence-corrected chi connectivity index (χ4v) is 2.28. The number of halogens is 3. The number of nitrogens with zero attached hydrogens (tertiary/aromatic N) is 2. The lowest BCUT2D eigenvalue weighted by atomic mass is 9.98. The van der Waals surface area contributed by atoms with E-state index in [1.54, 1.807) is 10.9 Å². The minimum absolute atomic E-state index is 0.161. The van der Waals surface area contributed by atoms with Gasteiger partial charge in [0, 0.05) is 18.3 Å². The van der Waals surface area contributed by atoms with Crippen molar-refractivity contribution in [3.63, 3.8) is 0 Å². The molecule has 1 aromatic heterocycles. The SMILES string of the molecule is CCNC(c1ccc(C(F)(F)F)cc1)c1cnn(C)c1C. The van der Waals surface area contributed by atoms with Crippen molar-refractivity contribution in [2.45, 2.75) is 26.1 Å². The van der Waals surface area contributed by atoms with Crippen LogP contribution in [-0.2, 0) is 13.2 Å². The molecule has 2 rings (SSSR count). The molecule has 1 N–H and O–H groups in total. The number of benzene rings is 1. The van der Waals surface area contributed by atoms with Crippen LogP contribution in [0.4, 0.5) is 13.2 Å². The Morgan fingerprint density at radius 2 is 1.86 bits per heavy atom. The highest BCUT2D eigenvalue weighted by molar-refractivity contribution is 5.35. The first-order chi connectivity index (χ1) is 9.84. The maximum absolute atomic E-state index is 12.6. The summed E-state index contributed by atoms with van der Waals surface area (Å²) < 4.78 is 39.6. The van der Waals surface area contributed by atoms with Gasteiger partial charge in [0.25, 0.3) is 0 Å². The van der Waals surface area contributed by atoms with Crippen molar-refractivity contribution in [3.05, 3.63) is 52.8 Å². The molecule has 0 spiro atoms. The van der Waals surface area contributed by atoms with Gasteiger partial charge in [0.15, 0.2) is 0 Å². The lowest BCUT2D eigenvalue weighted by molar-refractivity contribution is -0.137. The molecule has 0 bridgehead atoms. The van der Waals surface area contributed by atoms with Crippen LogP contribution in [-0.4, -0.2) is 16.3 Å². The molecule has 1 aromatic carbocycles. The average Bonchev–Trinajstić information content (AvgIpc) is 2.76. The van der Waals surface area contributed by atoms with E-state index in [4.69, 9.17) is 0 Å². The Morgan fingerprint density at radius 3 is 2.29 bits per heavy atom. The van der Waals surface area contributed by atoms with Crippen molar-refractivity contribution in [3.8, 4) is 0 Å². The Hall–Kier alpha value is -1.82. The highest BCUT2D eigenvalue weighted by Crippen LogP contribution is 2.31. The summed E-state index contributed by atoms with van der Waals surface area (Å²) in [6.07, 6.45) is -2.56. The van der Waals surface area contributed by atoms with Gasteiger partial charge in [-0.25, -0.2) is 0 Å². The van der Waals surface area contributed by atoms with Gasteiger partial charge in [-0.05, 0) is 31.2 Å². The molecule has 0 aliphatic carbocycles. The Balaban J connectivity index is 2.37. The zero-order chi connectivity index (χ0) is 15.6. The molecule has 0 fully saturated rings. The van der Waals surface area contributed by atoms with Crippen LogP contribution in [0.2, 0.25) is 0 Å². The summed E-state index contributed by atoms with van der Waals surface area (Å²) in [4.78, 5) is 0. The van der Waals surface area contributed by atoms with Crippen LogP contribution in [0.5, 0.6) is 0 Å². The standard InChI is InChI=1S/C15H18F3N3/c1-4-19-14(13-9-20-21(3)10(13)2)11-5-7-12(8-6-11)15(16,17)18/h5-9,14,19H,4H2,1-3H3. The van der Waals surface area contributed by atoms with Crippen LogP contribution < -0.4 is 5.32 Å². The minimum Gasteiger partial charge on any atom is -0.306 e. The van der Waals surface area contributed by atoms with Crippen molar-refractivity contribution in [2.24, 2.45) is 7.05 Å². The van der Waals surface area contributed by atoms with Crippen molar-refractivity contribution in [1.82, 2.24) is 15.1 Å². The second-order valence-electron chi connectivity index (χ2n) is 4.92. The fraction of sp³-hybridized carbons (Fsp3) is 0.400. The van der Waals surface area contributed by atoms with Crippen LogP contribution >= 0.6 is 0 Å². The predicted molar refractivity (Wildman–Crippen MR) is 74.9 cm³/mol. The molecule has 1 heterocycles. The molecule has 0 radical (unpaired) electrons. The average molecular weight is 297 g/mol. The smallest absolute Gasteiger partial charge is 0.306 e. The van der Waals surface area contributed by atoms with Crippen molar-refractivity contribution in [1.29, 1.82) is 0 Å². The van der Waals surface area contributed by atoms with Crippen molar-refractivity contribution in [2.75, 3.05) is 6.54 Å². The van der Waals surface area contributed by atoms with E-state index in [9.17, 15) is 13.2 Å². The maximum atomic E-state index is 12.6. The van der Waals surface area contributed by atoms with Crippen LogP contribution in [0.25, 0.3) is 0 Å². The highest BCUT2D eigenvalue weighted by atomic mass is 19.4. The second kappa shape index (κ2) is 5.89. The number of hydrogen-bond acceptors (Lipinski definition) is 2. The largest absolute Gasteiger partial charge is 0.416 e. The summed E-state index contributed by atoms with van der Waals surface area (Å²) in [5.74, 6) is 0. The molecule has 0 aliphatic heterocycles. The predicted octanol–water partition coefficient (Wildman–Crippen LogP) is 3.45. The molecular formula is C15H18F3N3. The lowest BCUT2D eigenvalue weighted by Gasteiger charge is -2.19. The van der Waals surface area contributed by atoms with Gasteiger partial charge < -0.3 is 5.32 Å². The maximum Gasteiger partial charge on any atom is 0.416 e. The van der Waals surface area contributed by atoms with Crippen molar-refractivity contribution >= 4 is 0 Å². The van der Waals surface area contributed by atoms with E-state index in [1.807, 2.05) is 20.9 Å². The van der Waals surface area contributed by atoms with Gasteiger partial charge in [-0.2, -0.15) is 18.3 Å². The van der Waals surface area contributed by atoms with Gasteiger partial charge in [-0.3, -0.25) is 4.68 Å². The van der Waals surface area contributed by atoms with E-state index >= 15 is 0 Å². The van der Waals surface area contributed by atoms with E-state index in [0.29, 0.717) is 6.54 Å². The first kappa shape index (κ1) is 15.6.